The van der Waals surface area contributed by atoms with Crippen molar-refractivity contribution in [2.24, 2.45) is 0 Å². The summed E-state index contributed by atoms with van der Waals surface area (Å²) in [5.41, 5.74) is 2.21. The van der Waals surface area contributed by atoms with Crippen LogP contribution >= 0.6 is 12.2 Å². The molecule has 1 atom stereocenters. The lowest BCUT2D eigenvalue weighted by molar-refractivity contribution is -0.858. The summed E-state index contributed by atoms with van der Waals surface area (Å²) in [5.74, 6) is 0. The predicted molar refractivity (Wildman–Crippen MR) is 100 cm³/mol. The van der Waals surface area contributed by atoms with Gasteiger partial charge in [-0.25, -0.2) is 9.67 Å². The highest BCUT2D eigenvalue weighted by Crippen LogP contribution is 2.20. The highest BCUT2D eigenvalue weighted by atomic mass is 32.1. The molecule has 0 radical (unpaired) electrons. The molecule has 7 heteroatoms. The first-order valence-electron chi connectivity index (χ1n) is 8.23. The summed E-state index contributed by atoms with van der Waals surface area (Å²) in [6, 6.07) is 8.51. The lowest BCUT2D eigenvalue weighted by atomic mass is 10.1. The monoisotopic (exact) mass is 347 g/mol. The fourth-order valence-electron chi connectivity index (χ4n) is 2.41. The number of rotatable bonds is 7. The average Bonchev–Trinajstić information content (AvgIpc) is 3.11. The van der Waals surface area contributed by atoms with E-state index in [-0.39, 0.29) is 6.04 Å². The van der Waals surface area contributed by atoms with Crippen LogP contribution in [0.5, 0.6) is 0 Å². The lowest BCUT2D eigenvalue weighted by Gasteiger charge is -2.28. The second-order valence-electron chi connectivity index (χ2n) is 6.26. The van der Waals surface area contributed by atoms with Crippen LogP contribution < -0.4 is 10.2 Å². The van der Waals surface area contributed by atoms with Crippen molar-refractivity contribution in [2.75, 3.05) is 34.2 Å². The zero-order valence-electron chi connectivity index (χ0n) is 14.9. The summed E-state index contributed by atoms with van der Waals surface area (Å²) in [6.45, 7) is 4.20. The Morgan fingerprint density at radius 3 is 2.62 bits per heavy atom. The molecule has 0 saturated heterocycles. The molecule has 0 aliphatic heterocycles. The Labute approximate surface area is 149 Å². The van der Waals surface area contributed by atoms with E-state index >= 15 is 0 Å². The smallest absolute Gasteiger partial charge is 0.169 e. The van der Waals surface area contributed by atoms with Crippen LogP contribution in [-0.4, -0.2) is 59.0 Å². The van der Waals surface area contributed by atoms with Crippen LogP contribution in [0, 0.1) is 0 Å². The van der Waals surface area contributed by atoms with E-state index in [1.807, 2.05) is 19.2 Å². The summed E-state index contributed by atoms with van der Waals surface area (Å²) in [5, 5.41) is 8.27. The van der Waals surface area contributed by atoms with Crippen LogP contribution in [0.2, 0.25) is 0 Å². The van der Waals surface area contributed by atoms with Gasteiger partial charge in [-0.05, 0) is 36.8 Å². The third kappa shape index (κ3) is 5.01. The van der Waals surface area contributed by atoms with Gasteiger partial charge in [-0.1, -0.05) is 12.1 Å². The summed E-state index contributed by atoms with van der Waals surface area (Å²) in [7, 11) is 6.35. The van der Waals surface area contributed by atoms with Gasteiger partial charge >= 0.3 is 0 Å². The maximum absolute atomic E-state index is 5.51. The molecule has 24 heavy (non-hydrogen) atoms. The number of benzene rings is 1. The van der Waals surface area contributed by atoms with Crippen molar-refractivity contribution in [1.82, 2.24) is 25.0 Å². The number of hydrogen-bond acceptors (Lipinski definition) is 3. The number of quaternary nitrogens is 1. The second-order valence-corrected chi connectivity index (χ2v) is 6.65. The standard InChI is InChI=1S/C17H26N6S/c1-14(22(4)17(24)19-10-5-11-21(2)3)15-6-8-16(9-7-15)23-13-18-12-20-23/h6-9,12-14H,5,10-11H2,1-4H3,(H,19,24)/p+1/t14-/m1/s1. The van der Waals surface area contributed by atoms with Crippen molar-refractivity contribution in [3.05, 3.63) is 42.5 Å². The molecule has 130 valence electrons. The minimum Gasteiger partial charge on any atom is -0.362 e. The first-order chi connectivity index (χ1) is 11.5. The Kier molecular flexibility index (Phi) is 6.69. The molecular weight excluding hydrogens is 320 g/mol. The minimum absolute atomic E-state index is 0.203. The van der Waals surface area contributed by atoms with Crippen LogP contribution in [0.3, 0.4) is 0 Å². The van der Waals surface area contributed by atoms with Crippen molar-refractivity contribution in [2.45, 2.75) is 19.4 Å². The molecule has 2 rings (SSSR count). The fourth-order valence-corrected chi connectivity index (χ4v) is 2.67. The number of nitrogens with zero attached hydrogens (tertiary/aromatic N) is 4. The van der Waals surface area contributed by atoms with Gasteiger partial charge in [0.1, 0.15) is 12.7 Å². The Hall–Kier alpha value is -1.99. The van der Waals surface area contributed by atoms with Gasteiger partial charge in [0, 0.05) is 20.0 Å². The summed E-state index contributed by atoms with van der Waals surface area (Å²) in [6.07, 6.45) is 4.34. The summed E-state index contributed by atoms with van der Waals surface area (Å²) in [4.78, 5) is 7.53. The van der Waals surface area contributed by atoms with Crippen LogP contribution in [0.15, 0.2) is 36.9 Å². The van der Waals surface area contributed by atoms with Crippen molar-refractivity contribution < 1.29 is 4.90 Å². The van der Waals surface area contributed by atoms with E-state index in [0.29, 0.717) is 0 Å². The molecule has 0 unspecified atom stereocenters. The molecular formula is C17H27N6S+. The lowest BCUT2D eigenvalue weighted by Crippen LogP contribution is -3.05. The molecule has 2 aromatic rings. The molecule has 0 bridgehead atoms. The molecule has 0 saturated carbocycles. The van der Waals surface area contributed by atoms with Crippen LogP contribution in [0.1, 0.15) is 24.9 Å². The number of aromatic nitrogens is 3. The predicted octanol–water partition coefficient (Wildman–Crippen LogP) is 0.669. The van der Waals surface area contributed by atoms with Gasteiger partial charge in [-0.2, -0.15) is 5.10 Å². The summed E-state index contributed by atoms with van der Waals surface area (Å²) >= 11 is 5.51. The average molecular weight is 348 g/mol. The molecule has 1 heterocycles. The van der Waals surface area contributed by atoms with Gasteiger partial charge in [0.05, 0.1) is 32.4 Å². The van der Waals surface area contributed by atoms with Gasteiger partial charge in [0.25, 0.3) is 0 Å². The third-order valence-corrected chi connectivity index (χ3v) is 4.52. The van der Waals surface area contributed by atoms with E-state index in [1.165, 1.54) is 16.8 Å². The van der Waals surface area contributed by atoms with Crippen LogP contribution in [-0.2, 0) is 0 Å². The largest absolute Gasteiger partial charge is 0.362 e. The number of nitrogens with one attached hydrogen (secondary N) is 2. The minimum atomic E-state index is 0.203. The van der Waals surface area contributed by atoms with Crippen molar-refractivity contribution >= 4 is 17.3 Å². The summed E-state index contributed by atoms with van der Waals surface area (Å²) < 4.78 is 1.75. The fraction of sp³-hybridized carbons (Fsp3) is 0.471. The second kappa shape index (κ2) is 8.75. The maximum atomic E-state index is 5.51. The van der Waals surface area contributed by atoms with E-state index < -0.39 is 0 Å². The van der Waals surface area contributed by atoms with Gasteiger partial charge in [0.2, 0.25) is 0 Å². The normalized spacial score (nSPS) is 12.2. The molecule has 1 aromatic heterocycles. The molecule has 0 aliphatic rings. The van der Waals surface area contributed by atoms with E-state index in [0.717, 1.165) is 30.3 Å². The SMILES string of the molecule is C[C@H](c1ccc(-n2cncn2)cc1)N(C)C(=S)NCCC[NH+](C)C. The molecule has 0 spiro atoms. The Morgan fingerprint density at radius 1 is 1.33 bits per heavy atom. The molecule has 2 N–H and O–H groups in total. The first kappa shape index (κ1) is 18.4. The topological polar surface area (TPSA) is 50.4 Å². The highest BCUT2D eigenvalue weighted by molar-refractivity contribution is 7.80. The van der Waals surface area contributed by atoms with Crippen molar-refractivity contribution in [1.29, 1.82) is 0 Å². The quantitative estimate of drug-likeness (QED) is 0.570. The molecule has 0 amide bonds. The highest BCUT2D eigenvalue weighted by Gasteiger charge is 2.14. The zero-order valence-corrected chi connectivity index (χ0v) is 15.7. The maximum Gasteiger partial charge on any atom is 0.169 e. The molecule has 1 aromatic carbocycles. The Morgan fingerprint density at radius 2 is 2.04 bits per heavy atom. The first-order valence-corrected chi connectivity index (χ1v) is 8.64. The van der Waals surface area contributed by atoms with Crippen molar-refractivity contribution in [3.63, 3.8) is 0 Å². The van der Waals surface area contributed by atoms with Crippen LogP contribution in [0.4, 0.5) is 0 Å². The van der Waals surface area contributed by atoms with Crippen LogP contribution in [0.25, 0.3) is 5.69 Å². The Balaban J connectivity index is 1.90. The van der Waals surface area contributed by atoms with Gasteiger partial charge in [0.15, 0.2) is 5.11 Å². The molecule has 0 fully saturated rings. The van der Waals surface area contributed by atoms with E-state index in [4.69, 9.17) is 12.2 Å². The van der Waals surface area contributed by atoms with Gasteiger partial charge in [-0.3, -0.25) is 0 Å². The zero-order chi connectivity index (χ0) is 17.5. The molecule has 6 nitrogen and oxygen atoms in total. The number of hydrogen-bond donors (Lipinski definition) is 2. The van der Waals surface area contributed by atoms with E-state index in [9.17, 15) is 0 Å². The third-order valence-electron chi connectivity index (χ3n) is 4.09. The van der Waals surface area contributed by atoms with E-state index in [1.54, 1.807) is 11.0 Å². The molecule has 0 aliphatic carbocycles. The van der Waals surface area contributed by atoms with Gasteiger partial charge < -0.3 is 15.1 Å². The van der Waals surface area contributed by atoms with Gasteiger partial charge in [-0.15, -0.1) is 0 Å². The Bertz CT molecular complexity index is 623. The van der Waals surface area contributed by atoms with Crippen molar-refractivity contribution in [3.8, 4) is 5.69 Å². The number of thiocarbonyl (C=S) groups is 1. The van der Waals surface area contributed by atoms with E-state index in [2.05, 4.69) is 53.5 Å².